The van der Waals surface area contributed by atoms with Crippen molar-refractivity contribution in [1.29, 1.82) is 0 Å². The summed E-state index contributed by atoms with van der Waals surface area (Å²) in [6.07, 6.45) is 1.68. The van der Waals surface area contributed by atoms with Gasteiger partial charge in [0.1, 0.15) is 0 Å². The summed E-state index contributed by atoms with van der Waals surface area (Å²) in [7, 11) is 0. The van der Waals surface area contributed by atoms with Gasteiger partial charge in [0.25, 0.3) is 0 Å². The molecule has 0 spiro atoms. The molecule has 0 radical (unpaired) electrons. The van der Waals surface area contributed by atoms with Gasteiger partial charge in [0.15, 0.2) is 5.78 Å². The van der Waals surface area contributed by atoms with Crippen molar-refractivity contribution in [1.82, 2.24) is 4.98 Å². The Hall–Kier alpha value is -1.75. The van der Waals surface area contributed by atoms with Crippen molar-refractivity contribution in [2.24, 2.45) is 0 Å². The highest BCUT2D eigenvalue weighted by Crippen LogP contribution is 2.29. The van der Waals surface area contributed by atoms with Crippen LogP contribution in [0.15, 0.2) is 34.9 Å². The van der Waals surface area contributed by atoms with Crippen LogP contribution in [0.3, 0.4) is 0 Å². The molecular weight excluding hydrogens is 296 g/mol. The molecule has 1 aromatic carbocycles. The third-order valence-corrected chi connectivity index (χ3v) is 3.36. The van der Waals surface area contributed by atoms with Gasteiger partial charge in [-0.2, -0.15) is 0 Å². The fourth-order valence-electron chi connectivity index (χ4n) is 2.14. The van der Waals surface area contributed by atoms with Crippen molar-refractivity contribution >= 4 is 44.2 Å². The Bertz CT molecular complexity index is 669. The fourth-order valence-corrected chi connectivity index (χ4v) is 2.49. The minimum Gasteiger partial charge on any atom is -0.302 e. The van der Waals surface area contributed by atoms with E-state index in [0.29, 0.717) is 5.69 Å². The number of para-hydroxylation sites is 1. The summed E-state index contributed by atoms with van der Waals surface area (Å²) in [4.78, 5) is 28.9. The van der Waals surface area contributed by atoms with E-state index in [-0.39, 0.29) is 24.7 Å². The number of nitrogens with zero attached hydrogens (tertiary/aromatic N) is 2. The second kappa shape index (κ2) is 4.17. The van der Waals surface area contributed by atoms with Crippen molar-refractivity contribution in [2.75, 3.05) is 11.4 Å². The summed E-state index contributed by atoms with van der Waals surface area (Å²) >= 11 is 3.36. The summed E-state index contributed by atoms with van der Waals surface area (Å²) in [5.74, 6) is -0.202. The van der Waals surface area contributed by atoms with Crippen molar-refractivity contribution < 1.29 is 9.59 Å². The SMILES string of the molecule is O=C1CC(=O)N(c2cccc3cc(Br)cnc23)C1. The largest absolute Gasteiger partial charge is 0.302 e. The summed E-state index contributed by atoms with van der Waals surface area (Å²) in [6.45, 7) is 0.149. The molecule has 1 aromatic heterocycles. The van der Waals surface area contributed by atoms with Gasteiger partial charge in [0.2, 0.25) is 5.91 Å². The molecule has 1 aliphatic heterocycles. The van der Waals surface area contributed by atoms with Gasteiger partial charge in [0, 0.05) is 16.1 Å². The first-order chi connectivity index (χ1) is 8.65. The van der Waals surface area contributed by atoms with Crippen LogP contribution in [0.1, 0.15) is 6.42 Å². The first kappa shape index (κ1) is 11.3. The lowest BCUT2D eigenvalue weighted by molar-refractivity contribution is -0.121. The Kier molecular flexibility index (Phi) is 2.63. The van der Waals surface area contributed by atoms with Crippen molar-refractivity contribution in [3.63, 3.8) is 0 Å². The van der Waals surface area contributed by atoms with Crippen LogP contribution in [-0.2, 0) is 9.59 Å². The van der Waals surface area contributed by atoms with Crippen molar-refractivity contribution in [3.8, 4) is 0 Å². The average Bonchev–Trinajstić information content (AvgIpc) is 2.67. The second-order valence-corrected chi connectivity index (χ2v) is 5.11. The second-order valence-electron chi connectivity index (χ2n) is 4.20. The van der Waals surface area contributed by atoms with E-state index in [1.807, 2.05) is 24.3 Å². The van der Waals surface area contributed by atoms with E-state index in [4.69, 9.17) is 0 Å². The fraction of sp³-hybridized carbons (Fsp3) is 0.154. The maximum Gasteiger partial charge on any atom is 0.234 e. The number of Topliss-reactive ketones (excluding diaryl/α,β-unsaturated/α-hetero) is 1. The molecule has 4 nitrogen and oxygen atoms in total. The zero-order valence-electron chi connectivity index (χ0n) is 9.39. The number of hydrogen-bond acceptors (Lipinski definition) is 3. The maximum absolute atomic E-state index is 11.8. The van der Waals surface area contributed by atoms with Crippen LogP contribution in [0.4, 0.5) is 5.69 Å². The molecule has 1 saturated heterocycles. The monoisotopic (exact) mass is 304 g/mol. The molecule has 18 heavy (non-hydrogen) atoms. The van der Waals surface area contributed by atoms with Gasteiger partial charge in [-0.05, 0) is 28.1 Å². The van der Waals surface area contributed by atoms with Crippen molar-refractivity contribution in [2.45, 2.75) is 6.42 Å². The number of rotatable bonds is 1. The number of hydrogen-bond donors (Lipinski definition) is 0. The van der Waals surface area contributed by atoms with Gasteiger partial charge in [-0.1, -0.05) is 12.1 Å². The summed E-state index contributed by atoms with van der Waals surface area (Å²) in [6, 6.07) is 7.55. The van der Waals surface area contributed by atoms with E-state index < -0.39 is 0 Å². The summed E-state index contributed by atoms with van der Waals surface area (Å²) < 4.78 is 0.885. The highest BCUT2D eigenvalue weighted by Gasteiger charge is 2.29. The van der Waals surface area contributed by atoms with Gasteiger partial charge in [0.05, 0.1) is 24.2 Å². The Balaban J connectivity index is 2.18. The number of pyridine rings is 1. The third kappa shape index (κ3) is 1.80. The number of fused-ring (bicyclic) bond motifs is 1. The van der Waals surface area contributed by atoms with E-state index in [1.165, 1.54) is 4.90 Å². The Morgan fingerprint density at radius 1 is 1.28 bits per heavy atom. The lowest BCUT2D eigenvalue weighted by Gasteiger charge is -2.16. The maximum atomic E-state index is 11.8. The van der Waals surface area contributed by atoms with Gasteiger partial charge < -0.3 is 4.90 Å². The number of benzene rings is 1. The van der Waals surface area contributed by atoms with Crippen LogP contribution in [0.5, 0.6) is 0 Å². The predicted molar refractivity (Wildman–Crippen MR) is 71.4 cm³/mol. The topological polar surface area (TPSA) is 50.3 Å². The average molecular weight is 305 g/mol. The van der Waals surface area contributed by atoms with Gasteiger partial charge in [-0.3, -0.25) is 14.6 Å². The lowest BCUT2D eigenvalue weighted by atomic mass is 10.2. The van der Waals surface area contributed by atoms with Gasteiger partial charge in [-0.25, -0.2) is 0 Å². The molecule has 2 heterocycles. The number of anilines is 1. The quantitative estimate of drug-likeness (QED) is 0.760. The minimum absolute atomic E-state index is 0.00703. The lowest BCUT2D eigenvalue weighted by Crippen LogP contribution is -2.24. The molecule has 5 heteroatoms. The number of amides is 1. The molecule has 1 amide bonds. The van der Waals surface area contributed by atoms with Crippen LogP contribution in [0.2, 0.25) is 0 Å². The zero-order valence-corrected chi connectivity index (χ0v) is 11.0. The van der Waals surface area contributed by atoms with Crippen LogP contribution in [-0.4, -0.2) is 23.2 Å². The van der Waals surface area contributed by atoms with E-state index >= 15 is 0 Å². The van der Waals surface area contributed by atoms with E-state index in [1.54, 1.807) is 6.20 Å². The molecule has 0 aliphatic carbocycles. The number of carbonyl (C=O) groups excluding carboxylic acids is 2. The first-order valence-electron chi connectivity index (χ1n) is 5.51. The minimum atomic E-state index is -0.155. The molecule has 1 fully saturated rings. The molecule has 1 aliphatic rings. The number of halogens is 1. The van der Waals surface area contributed by atoms with Gasteiger partial charge >= 0.3 is 0 Å². The number of ketones is 1. The Labute approximate surface area is 112 Å². The molecule has 0 saturated carbocycles. The third-order valence-electron chi connectivity index (χ3n) is 2.93. The number of aromatic nitrogens is 1. The highest BCUT2D eigenvalue weighted by molar-refractivity contribution is 9.10. The van der Waals surface area contributed by atoms with Crippen LogP contribution in [0.25, 0.3) is 10.9 Å². The zero-order chi connectivity index (χ0) is 12.7. The van der Waals surface area contributed by atoms with E-state index in [2.05, 4.69) is 20.9 Å². The Morgan fingerprint density at radius 2 is 2.11 bits per heavy atom. The molecule has 90 valence electrons. The van der Waals surface area contributed by atoms with Crippen LogP contribution >= 0.6 is 15.9 Å². The molecule has 0 N–H and O–H groups in total. The molecular formula is C13H9BrN2O2. The van der Waals surface area contributed by atoms with Crippen LogP contribution < -0.4 is 4.90 Å². The first-order valence-corrected chi connectivity index (χ1v) is 6.31. The highest BCUT2D eigenvalue weighted by atomic mass is 79.9. The summed E-state index contributed by atoms with van der Waals surface area (Å²) in [5, 5.41) is 0.939. The normalized spacial score (nSPS) is 15.7. The van der Waals surface area contributed by atoms with Crippen molar-refractivity contribution in [3.05, 3.63) is 34.9 Å². The smallest absolute Gasteiger partial charge is 0.234 e. The van der Waals surface area contributed by atoms with Crippen LogP contribution in [0, 0.1) is 0 Å². The molecule has 0 unspecified atom stereocenters. The molecule has 0 atom stereocenters. The van der Waals surface area contributed by atoms with Gasteiger partial charge in [-0.15, -0.1) is 0 Å². The molecule has 3 rings (SSSR count). The molecule has 0 bridgehead atoms. The van der Waals surface area contributed by atoms with E-state index in [0.717, 1.165) is 15.4 Å². The summed E-state index contributed by atoms with van der Waals surface area (Å²) in [5.41, 5.74) is 1.44. The standard InChI is InChI=1S/C13H9BrN2O2/c14-9-4-8-2-1-3-11(13(8)15-6-9)16-7-10(17)5-12(16)18/h1-4,6H,5,7H2. The molecule has 2 aromatic rings. The number of carbonyl (C=O) groups is 2. The Morgan fingerprint density at radius 3 is 2.83 bits per heavy atom. The van der Waals surface area contributed by atoms with E-state index in [9.17, 15) is 9.59 Å². The predicted octanol–water partition coefficient (Wildman–Crippen LogP) is 2.30.